The average Bonchev–Trinajstić information content (AvgIpc) is 3.14. The molecular formula is C19H33N5O3. The summed E-state index contributed by atoms with van der Waals surface area (Å²) in [6.07, 6.45) is 0.833. The van der Waals surface area contributed by atoms with E-state index in [0.717, 1.165) is 58.8 Å². The monoisotopic (exact) mass is 379 g/mol. The van der Waals surface area contributed by atoms with Crippen LogP contribution in [0.3, 0.4) is 0 Å². The molecule has 0 spiro atoms. The van der Waals surface area contributed by atoms with Gasteiger partial charge in [0, 0.05) is 45.8 Å². The fourth-order valence-corrected chi connectivity index (χ4v) is 3.88. The van der Waals surface area contributed by atoms with Crippen molar-refractivity contribution in [2.75, 3.05) is 45.8 Å². The van der Waals surface area contributed by atoms with Crippen molar-refractivity contribution in [3.63, 3.8) is 0 Å². The summed E-state index contributed by atoms with van der Waals surface area (Å²) in [5.41, 5.74) is -0.314. The molecule has 0 aliphatic carbocycles. The van der Waals surface area contributed by atoms with Crippen molar-refractivity contribution >= 4 is 6.09 Å². The topological polar surface area (TPSA) is 74.9 Å². The molecule has 1 aromatic rings. The average molecular weight is 380 g/mol. The van der Waals surface area contributed by atoms with Gasteiger partial charge in [0.2, 0.25) is 5.89 Å². The predicted molar refractivity (Wildman–Crippen MR) is 101 cm³/mol. The Hall–Kier alpha value is -1.67. The summed E-state index contributed by atoms with van der Waals surface area (Å²) in [5.74, 6) is 1.38. The van der Waals surface area contributed by atoms with Crippen molar-refractivity contribution in [2.45, 2.75) is 53.2 Å². The third-order valence-corrected chi connectivity index (χ3v) is 5.21. The number of carbonyl (C=O) groups is 1. The molecule has 8 nitrogen and oxygen atoms in total. The summed E-state index contributed by atoms with van der Waals surface area (Å²) in [6, 6.07) is 0. The van der Waals surface area contributed by atoms with E-state index in [1.807, 2.05) is 32.6 Å². The first-order valence-electron chi connectivity index (χ1n) is 9.84. The van der Waals surface area contributed by atoms with Gasteiger partial charge in [-0.2, -0.15) is 4.98 Å². The normalized spacial score (nSPS) is 25.1. The SMILES string of the molecule is Cc1noc(CN2CCN(C[C@@]3(C)CCN(C(=O)OC(C)(C)C)C3)CC2)n1. The first kappa shape index (κ1) is 20.1. The minimum Gasteiger partial charge on any atom is -0.444 e. The van der Waals surface area contributed by atoms with Crippen LogP contribution in [-0.2, 0) is 11.3 Å². The van der Waals surface area contributed by atoms with Gasteiger partial charge in [-0.3, -0.25) is 4.90 Å². The zero-order valence-electron chi connectivity index (χ0n) is 17.3. The van der Waals surface area contributed by atoms with Gasteiger partial charge in [0.05, 0.1) is 6.54 Å². The second-order valence-corrected chi connectivity index (χ2v) is 9.25. The summed E-state index contributed by atoms with van der Waals surface area (Å²) in [6.45, 7) is 17.2. The van der Waals surface area contributed by atoms with Gasteiger partial charge in [-0.1, -0.05) is 12.1 Å². The Morgan fingerprint density at radius 3 is 2.44 bits per heavy atom. The van der Waals surface area contributed by atoms with E-state index in [4.69, 9.17) is 9.26 Å². The summed E-state index contributed by atoms with van der Waals surface area (Å²) in [7, 11) is 0. The molecule has 8 heteroatoms. The van der Waals surface area contributed by atoms with Gasteiger partial charge in [-0.15, -0.1) is 0 Å². The van der Waals surface area contributed by atoms with Crippen LogP contribution in [-0.4, -0.2) is 82.3 Å². The number of carbonyl (C=O) groups excluding carboxylic acids is 1. The third kappa shape index (κ3) is 5.65. The number of nitrogens with zero attached hydrogens (tertiary/aromatic N) is 5. The lowest BCUT2D eigenvalue weighted by Gasteiger charge is -2.38. The van der Waals surface area contributed by atoms with Crippen molar-refractivity contribution in [1.29, 1.82) is 0 Å². The number of hydrogen-bond acceptors (Lipinski definition) is 7. The van der Waals surface area contributed by atoms with Crippen LogP contribution in [0.2, 0.25) is 0 Å². The summed E-state index contributed by atoms with van der Waals surface area (Å²) in [4.78, 5) is 23.3. The van der Waals surface area contributed by atoms with Gasteiger partial charge in [0.15, 0.2) is 5.82 Å². The van der Waals surface area contributed by atoms with E-state index in [-0.39, 0.29) is 11.5 Å². The van der Waals surface area contributed by atoms with Gasteiger partial charge >= 0.3 is 6.09 Å². The van der Waals surface area contributed by atoms with Crippen molar-refractivity contribution in [3.8, 4) is 0 Å². The molecule has 0 bridgehead atoms. The number of aromatic nitrogens is 2. The molecule has 27 heavy (non-hydrogen) atoms. The van der Waals surface area contributed by atoms with Crippen LogP contribution in [0.5, 0.6) is 0 Å². The van der Waals surface area contributed by atoms with E-state index in [1.54, 1.807) is 0 Å². The Kier molecular flexibility index (Phi) is 5.76. The van der Waals surface area contributed by atoms with Gasteiger partial charge in [0.1, 0.15) is 5.60 Å². The fourth-order valence-electron chi connectivity index (χ4n) is 3.88. The molecule has 1 aromatic heterocycles. The highest BCUT2D eigenvalue weighted by Crippen LogP contribution is 2.32. The largest absolute Gasteiger partial charge is 0.444 e. The van der Waals surface area contributed by atoms with Crippen LogP contribution in [0.15, 0.2) is 4.52 Å². The molecular weight excluding hydrogens is 346 g/mol. The highest BCUT2D eigenvalue weighted by molar-refractivity contribution is 5.68. The lowest BCUT2D eigenvalue weighted by Crippen LogP contribution is -2.49. The van der Waals surface area contributed by atoms with E-state index in [0.29, 0.717) is 11.7 Å². The zero-order chi connectivity index (χ0) is 19.7. The standard InChI is InChI=1S/C19H33N5O3/c1-15-20-16(27-21-15)12-22-8-10-23(11-9-22)13-19(5)6-7-24(14-19)17(25)26-18(2,3)4/h6-14H2,1-5H3/t19-/m1/s1. The minimum atomic E-state index is -0.441. The lowest BCUT2D eigenvalue weighted by atomic mass is 9.89. The van der Waals surface area contributed by atoms with Crippen LogP contribution in [0.4, 0.5) is 4.79 Å². The molecule has 0 unspecified atom stereocenters. The van der Waals surface area contributed by atoms with Gasteiger partial charge in [-0.25, -0.2) is 4.79 Å². The molecule has 0 radical (unpaired) electrons. The van der Waals surface area contributed by atoms with Crippen molar-refractivity contribution in [1.82, 2.24) is 24.8 Å². The fraction of sp³-hybridized carbons (Fsp3) is 0.842. The maximum atomic E-state index is 12.3. The van der Waals surface area contributed by atoms with E-state index < -0.39 is 5.60 Å². The van der Waals surface area contributed by atoms with Gasteiger partial charge in [0.25, 0.3) is 0 Å². The molecule has 1 atom stereocenters. The highest BCUT2D eigenvalue weighted by Gasteiger charge is 2.39. The first-order chi connectivity index (χ1) is 12.6. The predicted octanol–water partition coefficient (Wildman–Crippen LogP) is 2.14. The van der Waals surface area contributed by atoms with Gasteiger partial charge in [-0.05, 0) is 39.5 Å². The quantitative estimate of drug-likeness (QED) is 0.793. The lowest BCUT2D eigenvalue weighted by molar-refractivity contribution is 0.0258. The summed E-state index contributed by atoms with van der Waals surface area (Å²) < 4.78 is 10.7. The first-order valence-corrected chi connectivity index (χ1v) is 9.84. The Morgan fingerprint density at radius 2 is 1.85 bits per heavy atom. The third-order valence-electron chi connectivity index (χ3n) is 5.21. The summed E-state index contributed by atoms with van der Waals surface area (Å²) >= 11 is 0. The molecule has 152 valence electrons. The number of hydrogen-bond donors (Lipinski definition) is 0. The van der Waals surface area contributed by atoms with Crippen LogP contribution in [0.1, 0.15) is 45.8 Å². The molecule has 0 saturated carbocycles. The van der Waals surface area contributed by atoms with Crippen LogP contribution in [0.25, 0.3) is 0 Å². The van der Waals surface area contributed by atoms with E-state index in [2.05, 4.69) is 26.9 Å². The molecule has 0 N–H and O–H groups in total. The number of piperazine rings is 1. The molecule has 2 fully saturated rings. The van der Waals surface area contributed by atoms with Crippen molar-refractivity contribution < 1.29 is 14.1 Å². The number of rotatable bonds is 4. The Labute approximate surface area is 161 Å². The number of amides is 1. The number of aryl methyl sites for hydroxylation is 1. The van der Waals surface area contributed by atoms with E-state index in [9.17, 15) is 4.79 Å². The minimum absolute atomic E-state index is 0.128. The molecule has 3 heterocycles. The number of likely N-dealkylation sites (tertiary alicyclic amines) is 1. The molecule has 2 saturated heterocycles. The number of ether oxygens (including phenoxy) is 1. The van der Waals surface area contributed by atoms with Crippen molar-refractivity contribution in [3.05, 3.63) is 11.7 Å². The molecule has 2 aliphatic rings. The van der Waals surface area contributed by atoms with Crippen molar-refractivity contribution in [2.24, 2.45) is 5.41 Å². The molecule has 2 aliphatic heterocycles. The maximum Gasteiger partial charge on any atom is 0.410 e. The molecule has 1 amide bonds. The molecule has 3 rings (SSSR count). The van der Waals surface area contributed by atoms with E-state index >= 15 is 0 Å². The maximum absolute atomic E-state index is 12.3. The van der Waals surface area contributed by atoms with Crippen LogP contribution < -0.4 is 0 Å². The van der Waals surface area contributed by atoms with E-state index in [1.165, 1.54) is 0 Å². The molecule has 0 aromatic carbocycles. The van der Waals surface area contributed by atoms with Gasteiger partial charge < -0.3 is 19.1 Å². The summed E-state index contributed by atoms with van der Waals surface area (Å²) in [5, 5.41) is 3.85. The Bertz CT molecular complexity index is 648. The smallest absolute Gasteiger partial charge is 0.410 e. The second-order valence-electron chi connectivity index (χ2n) is 9.25. The van der Waals surface area contributed by atoms with Crippen LogP contribution >= 0.6 is 0 Å². The second kappa shape index (κ2) is 7.75. The Balaban J connectivity index is 1.44. The zero-order valence-corrected chi connectivity index (χ0v) is 17.3. The highest BCUT2D eigenvalue weighted by atomic mass is 16.6. The Morgan fingerprint density at radius 1 is 1.19 bits per heavy atom. The van der Waals surface area contributed by atoms with Crippen LogP contribution in [0, 0.1) is 12.3 Å².